The van der Waals surface area contributed by atoms with Crippen LogP contribution in [0.4, 0.5) is 0 Å². The molecule has 3 heteroatoms. The molecule has 0 amide bonds. The lowest BCUT2D eigenvalue weighted by Crippen LogP contribution is -2.14. The quantitative estimate of drug-likeness (QED) is 0.214. The van der Waals surface area contributed by atoms with Crippen LogP contribution in [-0.4, -0.2) is 14.5 Å². The van der Waals surface area contributed by atoms with Crippen molar-refractivity contribution in [3.05, 3.63) is 151 Å². The van der Waals surface area contributed by atoms with E-state index in [1.807, 2.05) is 24.3 Å². The fourth-order valence-electron chi connectivity index (χ4n) is 7.34. The molecule has 0 saturated heterocycles. The van der Waals surface area contributed by atoms with Crippen LogP contribution in [-0.2, 0) is 5.41 Å². The van der Waals surface area contributed by atoms with Gasteiger partial charge in [0.1, 0.15) is 5.82 Å². The summed E-state index contributed by atoms with van der Waals surface area (Å²) < 4.78 is 2.33. The fraction of sp³-hybridized carbons (Fsp3) is 0.0732. The van der Waals surface area contributed by atoms with E-state index in [0.29, 0.717) is 5.82 Å². The second-order valence-corrected chi connectivity index (χ2v) is 12.2. The molecule has 2 heterocycles. The van der Waals surface area contributed by atoms with Crippen molar-refractivity contribution in [3.8, 4) is 39.6 Å². The normalized spacial score (nSPS) is 13.4. The first kappa shape index (κ1) is 25.0. The minimum Gasteiger partial charge on any atom is -0.294 e. The highest BCUT2D eigenvalue weighted by atomic mass is 15.1. The third kappa shape index (κ3) is 3.50. The Kier molecular flexibility index (Phi) is 5.24. The van der Waals surface area contributed by atoms with Gasteiger partial charge in [-0.3, -0.25) is 4.57 Å². The maximum absolute atomic E-state index is 5.24. The van der Waals surface area contributed by atoms with Gasteiger partial charge in [-0.1, -0.05) is 135 Å². The monoisotopic (exact) mass is 563 g/mol. The Labute approximate surface area is 256 Å². The van der Waals surface area contributed by atoms with Crippen molar-refractivity contribution in [1.29, 1.82) is 0 Å². The van der Waals surface area contributed by atoms with Crippen molar-refractivity contribution in [3.63, 3.8) is 0 Å². The molecule has 0 spiro atoms. The number of benzene rings is 6. The molecule has 0 aliphatic heterocycles. The maximum Gasteiger partial charge on any atom is 0.162 e. The van der Waals surface area contributed by atoms with Crippen molar-refractivity contribution >= 4 is 32.6 Å². The second kappa shape index (κ2) is 9.23. The molecular weight excluding hydrogens is 534 g/mol. The Balaban J connectivity index is 1.42. The van der Waals surface area contributed by atoms with E-state index in [9.17, 15) is 0 Å². The molecule has 0 saturated carbocycles. The minimum absolute atomic E-state index is 0.0670. The zero-order valence-corrected chi connectivity index (χ0v) is 24.6. The molecule has 2 aromatic heterocycles. The van der Waals surface area contributed by atoms with Crippen LogP contribution in [0.5, 0.6) is 0 Å². The first-order valence-corrected chi connectivity index (χ1v) is 15.2. The first-order valence-electron chi connectivity index (χ1n) is 15.2. The van der Waals surface area contributed by atoms with Gasteiger partial charge in [0.25, 0.3) is 0 Å². The summed E-state index contributed by atoms with van der Waals surface area (Å²) in [5.41, 5.74) is 10.6. The maximum atomic E-state index is 5.24. The van der Waals surface area contributed by atoms with E-state index >= 15 is 0 Å². The van der Waals surface area contributed by atoms with Gasteiger partial charge in [-0.2, -0.15) is 0 Å². The molecule has 44 heavy (non-hydrogen) atoms. The van der Waals surface area contributed by atoms with Crippen molar-refractivity contribution in [2.45, 2.75) is 19.3 Å². The van der Waals surface area contributed by atoms with Crippen LogP contribution >= 0.6 is 0 Å². The average molecular weight is 564 g/mol. The van der Waals surface area contributed by atoms with Gasteiger partial charge in [0, 0.05) is 33.4 Å². The lowest BCUT2D eigenvalue weighted by Gasteiger charge is -2.21. The number of hydrogen-bond acceptors (Lipinski definition) is 2. The Hall–Kier alpha value is -5.54. The molecule has 208 valence electrons. The average Bonchev–Trinajstić information content (AvgIpc) is 3.54. The van der Waals surface area contributed by atoms with E-state index in [1.54, 1.807) is 0 Å². The molecule has 0 fully saturated rings. The number of para-hydroxylation sites is 1. The summed E-state index contributed by atoms with van der Waals surface area (Å²) in [7, 11) is 0. The fourth-order valence-corrected chi connectivity index (χ4v) is 7.34. The number of rotatable bonds is 3. The van der Waals surface area contributed by atoms with Gasteiger partial charge in [0.05, 0.1) is 16.7 Å². The van der Waals surface area contributed by atoms with E-state index in [0.717, 1.165) is 33.7 Å². The Morgan fingerprint density at radius 3 is 2.05 bits per heavy atom. The van der Waals surface area contributed by atoms with Crippen LogP contribution in [0, 0.1) is 0 Å². The minimum atomic E-state index is -0.0670. The summed E-state index contributed by atoms with van der Waals surface area (Å²) >= 11 is 0. The second-order valence-electron chi connectivity index (χ2n) is 12.2. The van der Waals surface area contributed by atoms with Crippen molar-refractivity contribution < 1.29 is 0 Å². The summed E-state index contributed by atoms with van der Waals surface area (Å²) in [4.78, 5) is 10.3. The molecule has 0 atom stereocenters. The highest BCUT2D eigenvalue weighted by Gasteiger charge is 2.36. The standard InChI is InChI=1S/C41H29N3/c1-41(2)31-19-11-9-17-29(31)38-32(41)23-21-27-22-24-35-39(37(27)38)30-18-10-12-20-34(30)44(35)36-25-33(26-13-5-3-6-14-26)42-40(43-36)28-15-7-4-8-16-28/h3-25H,1-2H3. The molecule has 1 aliphatic rings. The summed E-state index contributed by atoms with van der Waals surface area (Å²) in [5, 5.41) is 5.06. The van der Waals surface area contributed by atoms with Crippen LogP contribution in [0.1, 0.15) is 25.0 Å². The van der Waals surface area contributed by atoms with Crippen LogP contribution < -0.4 is 0 Å². The lowest BCUT2D eigenvalue weighted by molar-refractivity contribution is 0.661. The molecular formula is C41H29N3. The van der Waals surface area contributed by atoms with Crippen LogP contribution in [0.2, 0.25) is 0 Å². The Bertz CT molecular complexity index is 2340. The molecule has 0 unspecified atom stereocenters. The van der Waals surface area contributed by atoms with Crippen molar-refractivity contribution in [2.24, 2.45) is 0 Å². The van der Waals surface area contributed by atoms with Crippen molar-refractivity contribution in [1.82, 2.24) is 14.5 Å². The highest BCUT2D eigenvalue weighted by molar-refractivity contribution is 6.25. The number of aromatic nitrogens is 3. The van der Waals surface area contributed by atoms with Crippen LogP contribution in [0.25, 0.3) is 72.2 Å². The van der Waals surface area contributed by atoms with Gasteiger partial charge in [0.2, 0.25) is 0 Å². The molecule has 0 N–H and O–H groups in total. The largest absolute Gasteiger partial charge is 0.294 e. The molecule has 6 aromatic carbocycles. The van der Waals surface area contributed by atoms with Gasteiger partial charge < -0.3 is 0 Å². The SMILES string of the molecule is CC1(C)c2ccccc2-c2c1ccc1ccc3c(c4ccccc4n3-c3cc(-c4ccccc4)nc(-c4ccccc4)n3)c21. The molecule has 3 nitrogen and oxygen atoms in total. The highest BCUT2D eigenvalue weighted by Crippen LogP contribution is 2.53. The van der Waals surface area contributed by atoms with Crippen LogP contribution in [0.15, 0.2) is 140 Å². The number of nitrogens with zero attached hydrogens (tertiary/aromatic N) is 3. The van der Waals surface area contributed by atoms with Gasteiger partial charge in [-0.25, -0.2) is 9.97 Å². The topological polar surface area (TPSA) is 30.7 Å². The summed E-state index contributed by atoms with van der Waals surface area (Å²) in [6, 6.07) is 49.7. The van der Waals surface area contributed by atoms with E-state index in [1.165, 1.54) is 43.8 Å². The molecule has 0 bridgehead atoms. The smallest absolute Gasteiger partial charge is 0.162 e. The Morgan fingerprint density at radius 2 is 1.23 bits per heavy atom. The number of fused-ring (bicyclic) bond motifs is 9. The van der Waals surface area contributed by atoms with Gasteiger partial charge in [-0.15, -0.1) is 0 Å². The third-order valence-electron chi connectivity index (χ3n) is 9.41. The van der Waals surface area contributed by atoms with E-state index < -0.39 is 0 Å². The predicted molar refractivity (Wildman–Crippen MR) is 182 cm³/mol. The van der Waals surface area contributed by atoms with Crippen molar-refractivity contribution in [2.75, 3.05) is 0 Å². The predicted octanol–water partition coefficient (Wildman–Crippen LogP) is 10.4. The van der Waals surface area contributed by atoms with E-state index in [2.05, 4.69) is 134 Å². The lowest BCUT2D eigenvalue weighted by atomic mass is 9.82. The first-order chi connectivity index (χ1) is 21.6. The zero-order chi connectivity index (χ0) is 29.4. The summed E-state index contributed by atoms with van der Waals surface area (Å²) in [5.74, 6) is 1.57. The molecule has 8 aromatic rings. The van der Waals surface area contributed by atoms with Gasteiger partial charge in [0.15, 0.2) is 5.82 Å². The van der Waals surface area contributed by atoms with E-state index in [-0.39, 0.29) is 5.41 Å². The van der Waals surface area contributed by atoms with Gasteiger partial charge >= 0.3 is 0 Å². The Morgan fingerprint density at radius 1 is 0.545 bits per heavy atom. The summed E-state index contributed by atoms with van der Waals surface area (Å²) in [6.45, 7) is 4.70. The van der Waals surface area contributed by atoms with Gasteiger partial charge in [-0.05, 0) is 45.2 Å². The van der Waals surface area contributed by atoms with Crippen LogP contribution in [0.3, 0.4) is 0 Å². The zero-order valence-electron chi connectivity index (χ0n) is 24.6. The summed E-state index contributed by atoms with van der Waals surface area (Å²) in [6.07, 6.45) is 0. The molecule has 9 rings (SSSR count). The molecule has 1 aliphatic carbocycles. The number of hydrogen-bond donors (Lipinski definition) is 0. The molecule has 0 radical (unpaired) electrons. The van der Waals surface area contributed by atoms with E-state index in [4.69, 9.17) is 9.97 Å². The third-order valence-corrected chi connectivity index (χ3v) is 9.41.